The van der Waals surface area contributed by atoms with Crippen molar-refractivity contribution in [2.24, 2.45) is 0 Å². The van der Waals surface area contributed by atoms with E-state index in [1.807, 2.05) is 0 Å². The molecule has 0 fully saturated rings. The van der Waals surface area contributed by atoms with Crippen LogP contribution in [0.2, 0.25) is 0 Å². The molecule has 10 heteroatoms. The van der Waals surface area contributed by atoms with Gasteiger partial charge in [0, 0.05) is 12.1 Å². The van der Waals surface area contributed by atoms with Gasteiger partial charge in [-0.2, -0.15) is 0 Å². The predicted molar refractivity (Wildman–Crippen MR) is 109 cm³/mol. The standard InChI is InChI=1S/C19H15N3O6S/c1-27-11-6-7-15(23)13(10-11)20-19(29)21-18(24)17-9-8-16(28-17)12-4-2-3-5-14(12)22(25)26/h2-10,23H,1H3,(H2,20,21,24,29). The minimum atomic E-state index is -0.658. The number of nitrogens with zero attached hydrogens (tertiary/aromatic N) is 1. The number of thiocarbonyl (C=S) groups is 1. The molecule has 0 atom stereocenters. The van der Waals surface area contributed by atoms with Gasteiger partial charge in [-0.1, -0.05) is 12.1 Å². The number of ether oxygens (including phenoxy) is 1. The lowest BCUT2D eigenvalue weighted by atomic mass is 10.1. The van der Waals surface area contributed by atoms with Gasteiger partial charge in [-0.05, 0) is 42.5 Å². The zero-order chi connectivity index (χ0) is 21.0. The molecule has 0 aliphatic heterocycles. The largest absolute Gasteiger partial charge is 0.506 e. The second kappa shape index (κ2) is 8.40. The number of phenols is 1. The van der Waals surface area contributed by atoms with Crippen LogP contribution < -0.4 is 15.4 Å². The number of benzene rings is 2. The molecule has 1 aromatic heterocycles. The summed E-state index contributed by atoms with van der Waals surface area (Å²) in [5, 5.41) is 26.0. The van der Waals surface area contributed by atoms with Crippen molar-refractivity contribution in [3.05, 3.63) is 70.5 Å². The fourth-order valence-corrected chi connectivity index (χ4v) is 2.71. The summed E-state index contributed by atoms with van der Waals surface area (Å²) >= 11 is 5.08. The molecule has 0 saturated heterocycles. The lowest BCUT2D eigenvalue weighted by Gasteiger charge is -2.11. The van der Waals surface area contributed by atoms with Crippen LogP contribution in [0.3, 0.4) is 0 Å². The summed E-state index contributed by atoms with van der Waals surface area (Å²) in [6, 6.07) is 13.4. The third-order valence-electron chi connectivity index (χ3n) is 3.87. The molecule has 29 heavy (non-hydrogen) atoms. The first-order chi connectivity index (χ1) is 13.9. The van der Waals surface area contributed by atoms with E-state index >= 15 is 0 Å². The number of hydrogen-bond acceptors (Lipinski definition) is 7. The monoisotopic (exact) mass is 413 g/mol. The molecule has 0 unspecified atom stereocenters. The Hall–Kier alpha value is -3.92. The van der Waals surface area contributed by atoms with Crippen molar-refractivity contribution >= 4 is 34.6 Å². The molecule has 0 aliphatic carbocycles. The van der Waals surface area contributed by atoms with E-state index in [1.54, 1.807) is 12.1 Å². The number of nitro benzene ring substituents is 1. The Kier molecular flexibility index (Phi) is 5.74. The number of methoxy groups -OCH3 is 1. The van der Waals surface area contributed by atoms with E-state index in [-0.39, 0.29) is 39.3 Å². The molecule has 9 nitrogen and oxygen atoms in total. The van der Waals surface area contributed by atoms with Crippen molar-refractivity contribution in [3.63, 3.8) is 0 Å². The number of amides is 1. The molecule has 0 aliphatic rings. The van der Waals surface area contributed by atoms with Gasteiger partial charge in [-0.15, -0.1) is 0 Å². The number of aromatic hydroxyl groups is 1. The van der Waals surface area contributed by atoms with Gasteiger partial charge in [0.25, 0.3) is 11.6 Å². The summed E-state index contributed by atoms with van der Waals surface area (Å²) in [7, 11) is 1.47. The van der Waals surface area contributed by atoms with Crippen LogP contribution in [0, 0.1) is 10.1 Å². The number of phenolic OH excluding ortho intramolecular Hbond substituents is 1. The van der Waals surface area contributed by atoms with Gasteiger partial charge in [-0.25, -0.2) is 0 Å². The van der Waals surface area contributed by atoms with E-state index in [2.05, 4.69) is 10.6 Å². The Morgan fingerprint density at radius 2 is 1.97 bits per heavy atom. The minimum Gasteiger partial charge on any atom is -0.506 e. The molecular weight excluding hydrogens is 398 g/mol. The van der Waals surface area contributed by atoms with Crippen LogP contribution in [0.15, 0.2) is 59.0 Å². The van der Waals surface area contributed by atoms with Crippen molar-refractivity contribution in [2.75, 3.05) is 12.4 Å². The van der Waals surface area contributed by atoms with Gasteiger partial charge in [0.1, 0.15) is 17.3 Å². The number of para-hydroxylation sites is 1. The summed E-state index contributed by atoms with van der Waals surface area (Å²) in [5.41, 5.74) is 0.354. The van der Waals surface area contributed by atoms with Crippen molar-refractivity contribution < 1.29 is 24.0 Å². The molecule has 0 saturated carbocycles. The van der Waals surface area contributed by atoms with Crippen LogP contribution in [0.4, 0.5) is 11.4 Å². The zero-order valence-electron chi connectivity index (χ0n) is 15.0. The molecule has 3 aromatic rings. The molecule has 3 N–H and O–H groups in total. The fraction of sp³-hybridized carbons (Fsp3) is 0.0526. The fourth-order valence-electron chi connectivity index (χ4n) is 2.51. The highest BCUT2D eigenvalue weighted by atomic mass is 32.1. The van der Waals surface area contributed by atoms with Gasteiger partial charge >= 0.3 is 0 Å². The normalized spacial score (nSPS) is 10.2. The van der Waals surface area contributed by atoms with Crippen LogP contribution in [-0.2, 0) is 0 Å². The van der Waals surface area contributed by atoms with Gasteiger partial charge in [0.05, 0.1) is 23.3 Å². The van der Waals surface area contributed by atoms with Crippen LogP contribution in [0.1, 0.15) is 10.6 Å². The highest BCUT2D eigenvalue weighted by molar-refractivity contribution is 7.80. The number of furan rings is 1. The topological polar surface area (TPSA) is 127 Å². The Balaban J connectivity index is 1.73. The highest BCUT2D eigenvalue weighted by Gasteiger charge is 2.20. The van der Waals surface area contributed by atoms with Gasteiger partial charge < -0.3 is 19.6 Å². The maximum Gasteiger partial charge on any atom is 0.293 e. The van der Waals surface area contributed by atoms with E-state index in [0.29, 0.717) is 5.75 Å². The molecule has 0 spiro atoms. The van der Waals surface area contributed by atoms with Crippen molar-refractivity contribution in [1.29, 1.82) is 0 Å². The number of anilines is 1. The van der Waals surface area contributed by atoms with Crippen molar-refractivity contribution in [1.82, 2.24) is 5.32 Å². The summed E-state index contributed by atoms with van der Waals surface area (Å²) in [6.07, 6.45) is 0. The molecule has 1 amide bonds. The quantitative estimate of drug-likeness (QED) is 0.250. The third-order valence-corrected chi connectivity index (χ3v) is 4.08. The Morgan fingerprint density at radius 3 is 2.69 bits per heavy atom. The lowest BCUT2D eigenvalue weighted by molar-refractivity contribution is -0.384. The molecule has 148 valence electrons. The summed E-state index contributed by atoms with van der Waals surface area (Å²) in [6.45, 7) is 0. The van der Waals surface area contributed by atoms with Gasteiger partial charge in [0.2, 0.25) is 0 Å². The van der Waals surface area contributed by atoms with E-state index in [4.69, 9.17) is 21.4 Å². The number of hydrogen-bond donors (Lipinski definition) is 3. The first-order valence-electron chi connectivity index (χ1n) is 8.22. The first kappa shape index (κ1) is 19.8. The Labute approximate surface area is 170 Å². The maximum absolute atomic E-state index is 12.4. The molecule has 2 aromatic carbocycles. The maximum atomic E-state index is 12.4. The average Bonchev–Trinajstić information content (AvgIpc) is 3.20. The van der Waals surface area contributed by atoms with E-state index in [9.17, 15) is 20.0 Å². The number of nitro groups is 1. The summed E-state index contributed by atoms with van der Waals surface area (Å²) in [4.78, 5) is 23.0. The molecule has 1 heterocycles. The summed E-state index contributed by atoms with van der Waals surface area (Å²) < 4.78 is 10.5. The second-order valence-electron chi connectivity index (χ2n) is 5.73. The van der Waals surface area contributed by atoms with Crippen molar-refractivity contribution in [2.45, 2.75) is 0 Å². The SMILES string of the molecule is COc1ccc(O)c(NC(=S)NC(=O)c2ccc(-c3ccccc3[N+](=O)[O-])o2)c1. The van der Waals surface area contributed by atoms with Crippen LogP contribution in [0.25, 0.3) is 11.3 Å². The minimum absolute atomic E-state index is 0.0813. The molecular formula is C19H15N3O6S. The molecule has 0 radical (unpaired) electrons. The van der Waals surface area contributed by atoms with E-state index in [1.165, 1.54) is 49.6 Å². The highest BCUT2D eigenvalue weighted by Crippen LogP contribution is 2.31. The predicted octanol–water partition coefficient (Wildman–Crippen LogP) is 3.70. The van der Waals surface area contributed by atoms with Crippen LogP contribution >= 0.6 is 12.2 Å². The smallest absolute Gasteiger partial charge is 0.293 e. The Bertz CT molecular complexity index is 1100. The van der Waals surface area contributed by atoms with Crippen molar-refractivity contribution in [3.8, 4) is 22.8 Å². The second-order valence-corrected chi connectivity index (χ2v) is 6.14. The van der Waals surface area contributed by atoms with Gasteiger partial charge in [-0.3, -0.25) is 20.2 Å². The summed E-state index contributed by atoms with van der Waals surface area (Å²) in [5.74, 6) is -0.169. The first-order valence-corrected chi connectivity index (χ1v) is 8.63. The molecule has 3 rings (SSSR count). The number of rotatable bonds is 5. The zero-order valence-corrected chi connectivity index (χ0v) is 15.9. The van der Waals surface area contributed by atoms with Gasteiger partial charge in [0.15, 0.2) is 10.9 Å². The Morgan fingerprint density at radius 1 is 1.21 bits per heavy atom. The number of carbonyl (C=O) groups is 1. The van der Waals surface area contributed by atoms with Crippen LogP contribution in [0.5, 0.6) is 11.5 Å². The lowest BCUT2D eigenvalue weighted by Crippen LogP contribution is -2.33. The average molecular weight is 413 g/mol. The van der Waals surface area contributed by atoms with Crippen LogP contribution in [-0.4, -0.2) is 28.2 Å². The number of carbonyl (C=O) groups excluding carboxylic acids is 1. The molecule has 0 bridgehead atoms. The van der Waals surface area contributed by atoms with E-state index in [0.717, 1.165) is 0 Å². The van der Waals surface area contributed by atoms with E-state index < -0.39 is 10.8 Å². The number of nitrogens with one attached hydrogen (secondary N) is 2. The third kappa shape index (κ3) is 4.50.